The summed E-state index contributed by atoms with van der Waals surface area (Å²) in [6.45, 7) is -0.0395. The normalized spacial score (nSPS) is 12.9. The van der Waals surface area contributed by atoms with Gasteiger partial charge < -0.3 is 19.5 Å². The molecule has 0 radical (unpaired) electrons. The summed E-state index contributed by atoms with van der Waals surface area (Å²) in [5.74, 6) is 0.373. The second-order valence-electron chi connectivity index (χ2n) is 6.04. The van der Waals surface area contributed by atoms with Crippen LogP contribution in [0.15, 0.2) is 54.6 Å². The second kappa shape index (κ2) is 8.89. The molecule has 2 aromatic carbocycles. The van der Waals surface area contributed by atoms with Gasteiger partial charge in [-0.2, -0.15) is 0 Å². The van der Waals surface area contributed by atoms with Crippen molar-refractivity contribution >= 4 is 11.9 Å². The molecule has 6 heteroatoms. The minimum absolute atomic E-state index is 0.249. The van der Waals surface area contributed by atoms with Gasteiger partial charge in [-0.15, -0.1) is 0 Å². The molecule has 1 fully saturated rings. The number of rotatable bonds is 9. The number of carbonyl (C=O) groups is 2. The number of amides is 1. The fourth-order valence-corrected chi connectivity index (χ4v) is 2.20. The van der Waals surface area contributed by atoms with E-state index in [4.69, 9.17) is 14.2 Å². The lowest BCUT2D eigenvalue weighted by atomic mass is 10.2. The van der Waals surface area contributed by atoms with Gasteiger partial charge in [-0.1, -0.05) is 30.3 Å². The van der Waals surface area contributed by atoms with E-state index in [0.29, 0.717) is 18.1 Å². The van der Waals surface area contributed by atoms with Crippen LogP contribution in [0, 0.1) is 0 Å². The van der Waals surface area contributed by atoms with Gasteiger partial charge >= 0.3 is 5.97 Å². The van der Waals surface area contributed by atoms with E-state index >= 15 is 0 Å². The first-order valence-electron chi connectivity index (χ1n) is 8.53. The van der Waals surface area contributed by atoms with Crippen molar-refractivity contribution in [1.29, 1.82) is 0 Å². The van der Waals surface area contributed by atoms with Gasteiger partial charge in [0.1, 0.15) is 18.1 Å². The summed E-state index contributed by atoms with van der Waals surface area (Å²) >= 11 is 0. The molecule has 0 spiro atoms. The summed E-state index contributed by atoms with van der Waals surface area (Å²) in [5.41, 5.74) is 1.08. The summed E-state index contributed by atoms with van der Waals surface area (Å²) in [5, 5.41) is 2.74. The van der Waals surface area contributed by atoms with E-state index in [0.717, 1.165) is 18.4 Å². The van der Waals surface area contributed by atoms with Gasteiger partial charge in [0.2, 0.25) is 0 Å². The van der Waals surface area contributed by atoms with Crippen molar-refractivity contribution in [2.45, 2.75) is 25.5 Å². The number of hydrogen-bond acceptors (Lipinski definition) is 5. The molecule has 0 aromatic heterocycles. The SMILES string of the molecule is O=C(COC(=O)COc1ccc(OCc2ccccc2)cc1)NC1CC1. The van der Waals surface area contributed by atoms with Gasteiger partial charge in [-0.05, 0) is 42.7 Å². The summed E-state index contributed by atoms with van der Waals surface area (Å²) in [7, 11) is 0. The Labute approximate surface area is 152 Å². The molecule has 0 saturated heterocycles. The highest BCUT2D eigenvalue weighted by atomic mass is 16.6. The lowest BCUT2D eigenvalue weighted by Gasteiger charge is -2.09. The van der Waals surface area contributed by atoms with E-state index in [9.17, 15) is 9.59 Å². The van der Waals surface area contributed by atoms with Crippen molar-refractivity contribution < 1.29 is 23.8 Å². The number of esters is 1. The maximum atomic E-state index is 11.6. The molecule has 2 aromatic rings. The summed E-state index contributed by atoms with van der Waals surface area (Å²) < 4.78 is 15.9. The van der Waals surface area contributed by atoms with Crippen molar-refractivity contribution in [1.82, 2.24) is 5.32 Å². The highest BCUT2D eigenvalue weighted by Gasteiger charge is 2.23. The molecule has 0 heterocycles. The van der Waals surface area contributed by atoms with Gasteiger partial charge in [0.05, 0.1) is 0 Å². The third-order valence-corrected chi connectivity index (χ3v) is 3.74. The van der Waals surface area contributed by atoms with E-state index in [1.54, 1.807) is 24.3 Å². The molecule has 0 atom stereocenters. The molecule has 1 amide bonds. The van der Waals surface area contributed by atoms with Crippen molar-refractivity contribution in [2.24, 2.45) is 0 Å². The maximum absolute atomic E-state index is 11.6. The Kier molecular flexibility index (Phi) is 6.09. The van der Waals surface area contributed by atoms with E-state index in [-0.39, 0.29) is 25.2 Å². The summed E-state index contributed by atoms with van der Waals surface area (Å²) in [4.78, 5) is 23.0. The molecule has 1 N–H and O–H groups in total. The van der Waals surface area contributed by atoms with E-state index < -0.39 is 5.97 Å². The van der Waals surface area contributed by atoms with Crippen LogP contribution in [0.1, 0.15) is 18.4 Å². The molecule has 136 valence electrons. The first-order chi connectivity index (χ1) is 12.7. The van der Waals surface area contributed by atoms with Gasteiger partial charge in [-0.25, -0.2) is 4.79 Å². The maximum Gasteiger partial charge on any atom is 0.344 e. The summed E-state index contributed by atoms with van der Waals surface area (Å²) in [6.07, 6.45) is 1.99. The summed E-state index contributed by atoms with van der Waals surface area (Å²) in [6, 6.07) is 17.1. The Balaban J connectivity index is 1.35. The van der Waals surface area contributed by atoms with Crippen molar-refractivity contribution in [2.75, 3.05) is 13.2 Å². The van der Waals surface area contributed by atoms with Gasteiger partial charge in [0.25, 0.3) is 5.91 Å². The number of nitrogens with one attached hydrogen (secondary N) is 1. The molecule has 0 aliphatic heterocycles. The molecule has 0 bridgehead atoms. The minimum atomic E-state index is -0.583. The standard InChI is InChI=1S/C20H21NO5/c22-19(21-16-6-7-16)13-26-20(23)14-25-18-10-8-17(9-11-18)24-12-15-4-2-1-3-5-15/h1-5,8-11,16H,6-7,12-14H2,(H,21,22). The predicted molar refractivity (Wildman–Crippen MR) is 94.8 cm³/mol. The minimum Gasteiger partial charge on any atom is -0.489 e. The first-order valence-corrected chi connectivity index (χ1v) is 8.53. The zero-order chi connectivity index (χ0) is 18.2. The quantitative estimate of drug-likeness (QED) is 0.700. The van der Waals surface area contributed by atoms with Crippen LogP contribution in [0.5, 0.6) is 11.5 Å². The Morgan fingerprint density at radius 1 is 0.885 bits per heavy atom. The Morgan fingerprint density at radius 3 is 2.19 bits per heavy atom. The highest BCUT2D eigenvalue weighted by molar-refractivity contribution is 5.81. The molecular formula is C20H21NO5. The lowest BCUT2D eigenvalue weighted by Crippen LogP contribution is -2.31. The topological polar surface area (TPSA) is 73.9 Å². The Morgan fingerprint density at radius 2 is 1.54 bits per heavy atom. The van der Waals surface area contributed by atoms with Crippen molar-refractivity contribution in [3.8, 4) is 11.5 Å². The van der Waals surface area contributed by atoms with Crippen LogP contribution < -0.4 is 14.8 Å². The van der Waals surface area contributed by atoms with E-state index in [1.165, 1.54) is 0 Å². The first kappa shape index (κ1) is 17.8. The highest BCUT2D eigenvalue weighted by Crippen LogP contribution is 2.19. The molecule has 0 unspecified atom stereocenters. The van der Waals surface area contributed by atoms with E-state index in [2.05, 4.69) is 5.32 Å². The second-order valence-corrected chi connectivity index (χ2v) is 6.04. The molecule has 6 nitrogen and oxygen atoms in total. The van der Waals surface area contributed by atoms with Crippen LogP contribution in [-0.4, -0.2) is 31.1 Å². The molecule has 1 saturated carbocycles. The number of benzene rings is 2. The zero-order valence-electron chi connectivity index (χ0n) is 14.4. The molecule has 1 aliphatic rings. The Bertz CT molecular complexity index is 726. The molecule has 26 heavy (non-hydrogen) atoms. The Hall–Kier alpha value is -3.02. The lowest BCUT2D eigenvalue weighted by molar-refractivity contribution is -0.150. The average Bonchev–Trinajstić information content (AvgIpc) is 3.48. The van der Waals surface area contributed by atoms with Gasteiger partial charge in [0, 0.05) is 6.04 Å². The molecule has 3 rings (SSSR count). The van der Waals surface area contributed by atoms with Gasteiger partial charge in [0.15, 0.2) is 13.2 Å². The smallest absolute Gasteiger partial charge is 0.344 e. The van der Waals surface area contributed by atoms with Crippen LogP contribution >= 0.6 is 0 Å². The van der Waals surface area contributed by atoms with Crippen molar-refractivity contribution in [3.05, 3.63) is 60.2 Å². The molecular weight excluding hydrogens is 334 g/mol. The molecule has 1 aliphatic carbocycles. The van der Waals surface area contributed by atoms with Crippen LogP contribution in [0.2, 0.25) is 0 Å². The fraction of sp³-hybridized carbons (Fsp3) is 0.300. The average molecular weight is 355 g/mol. The van der Waals surface area contributed by atoms with E-state index in [1.807, 2.05) is 30.3 Å². The van der Waals surface area contributed by atoms with Crippen LogP contribution in [-0.2, 0) is 20.9 Å². The van der Waals surface area contributed by atoms with Crippen LogP contribution in [0.25, 0.3) is 0 Å². The van der Waals surface area contributed by atoms with Crippen LogP contribution in [0.4, 0.5) is 0 Å². The third kappa shape index (κ3) is 6.12. The largest absolute Gasteiger partial charge is 0.489 e. The van der Waals surface area contributed by atoms with Crippen molar-refractivity contribution in [3.63, 3.8) is 0 Å². The number of hydrogen-bond donors (Lipinski definition) is 1. The third-order valence-electron chi connectivity index (χ3n) is 3.74. The fourth-order valence-electron chi connectivity index (χ4n) is 2.20. The number of ether oxygens (including phenoxy) is 3. The van der Waals surface area contributed by atoms with Gasteiger partial charge in [-0.3, -0.25) is 4.79 Å². The number of carbonyl (C=O) groups excluding carboxylic acids is 2. The van der Waals surface area contributed by atoms with Crippen LogP contribution in [0.3, 0.4) is 0 Å². The zero-order valence-corrected chi connectivity index (χ0v) is 14.4. The monoisotopic (exact) mass is 355 g/mol. The predicted octanol–water partition coefficient (Wildman–Crippen LogP) is 2.47.